The van der Waals surface area contributed by atoms with Crippen molar-refractivity contribution >= 4 is 17.3 Å². The second kappa shape index (κ2) is 5.46. The van der Waals surface area contributed by atoms with Gasteiger partial charge in [-0.3, -0.25) is 0 Å². The summed E-state index contributed by atoms with van der Waals surface area (Å²) in [6.45, 7) is 3.63. The SMILES string of the molecule is CC(N)CNc1cc(N2CCc3ccccc32)ncn1. The number of hydrogen-bond acceptors (Lipinski definition) is 5. The normalized spacial score (nSPS) is 15.0. The zero-order valence-electron chi connectivity index (χ0n) is 11.6. The van der Waals surface area contributed by atoms with Gasteiger partial charge in [0.05, 0.1) is 0 Å². The number of benzene rings is 1. The van der Waals surface area contributed by atoms with Gasteiger partial charge in [-0.1, -0.05) is 18.2 Å². The maximum Gasteiger partial charge on any atom is 0.138 e. The molecule has 0 spiro atoms. The minimum Gasteiger partial charge on any atom is -0.368 e. The predicted octanol–water partition coefficient (Wildman–Crippen LogP) is 1.93. The number of anilines is 3. The van der Waals surface area contributed by atoms with E-state index in [1.54, 1.807) is 6.33 Å². The number of nitrogens with one attached hydrogen (secondary N) is 1. The maximum atomic E-state index is 5.75. The number of nitrogens with two attached hydrogens (primary N) is 1. The third-order valence-electron chi connectivity index (χ3n) is 3.42. The Balaban J connectivity index is 1.83. The molecule has 0 saturated heterocycles. The fourth-order valence-electron chi connectivity index (χ4n) is 2.43. The van der Waals surface area contributed by atoms with Crippen molar-refractivity contribution in [1.82, 2.24) is 9.97 Å². The van der Waals surface area contributed by atoms with E-state index in [1.807, 2.05) is 13.0 Å². The van der Waals surface area contributed by atoms with Gasteiger partial charge in [0.2, 0.25) is 0 Å². The highest BCUT2D eigenvalue weighted by Crippen LogP contribution is 2.33. The fourth-order valence-corrected chi connectivity index (χ4v) is 2.43. The van der Waals surface area contributed by atoms with Crippen LogP contribution in [0.4, 0.5) is 17.3 Å². The Morgan fingerprint density at radius 2 is 2.20 bits per heavy atom. The molecule has 104 valence electrons. The average Bonchev–Trinajstić information content (AvgIpc) is 2.89. The Hall–Kier alpha value is -2.14. The second-order valence-electron chi connectivity index (χ2n) is 5.15. The zero-order valence-corrected chi connectivity index (χ0v) is 11.6. The van der Waals surface area contributed by atoms with Crippen LogP contribution in [0.25, 0.3) is 0 Å². The topological polar surface area (TPSA) is 67.1 Å². The van der Waals surface area contributed by atoms with Crippen molar-refractivity contribution in [1.29, 1.82) is 0 Å². The van der Waals surface area contributed by atoms with Crippen molar-refractivity contribution in [3.63, 3.8) is 0 Å². The Bertz CT molecular complexity index is 596. The maximum absolute atomic E-state index is 5.75. The molecule has 0 radical (unpaired) electrons. The van der Waals surface area contributed by atoms with Crippen LogP contribution in [0.3, 0.4) is 0 Å². The van der Waals surface area contributed by atoms with Gasteiger partial charge in [-0.15, -0.1) is 0 Å². The number of aromatic nitrogens is 2. The first kappa shape index (κ1) is 12.9. The lowest BCUT2D eigenvalue weighted by Gasteiger charge is -2.19. The van der Waals surface area contributed by atoms with E-state index in [2.05, 4.69) is 44.5 Å². The Morgan fingerprint density at radius 1 is 1.35 bits per heavy atom. The van der Waals surface area contributed by atoms with Crippen LogP contribution >= 0.6 is 0 Å². The van der Waals surface area contributed by atoms with Crippen LogP contribution in [0, 0.1) is 0 Å². The molecule has 5 nitrogen and oxygen atoms in total. The molecule has 0 bridgehead atoms. The molecule has 0 aliphatic carbocycles. The molecule has 2 aromatic rings. The molecule has 2 heterocycles. The number of fused-ring (bicyclic) bond motifs is 1. The van der Waals surface area contributed by atoms with Crippen LogP contribution < -0.4 is 16.0 Å². The van der Waals surface area contributed by atoms with Gasteiger partial charge in [-0.25, -0.2) is 9.97 Å². The smallest absolute Gasteiger partial charge is 0.138 e. The van der Waals surface area contributed by atoms with Crippen molar-refractivity contribution in [2.75, 3.05) is 23.3 Å². The molecule has 3 N–H and O–H groups in total. The first-order chi connectivity index (χ1) is 9.74. The van der Waals surface area contributed by atoms with Crippen molar-refractivity contribution in [2.24, 2.45) is 5.73 Å². The summed E-state index contributed by atoms with van der Waals surface area (Å²) >= 11 is 0. The van der Waals surface area contributed by atoms with Gasteiger partial charge in [0.1, 0.15) is 18.0 Å². The largest absolute Gasteiger partial charge is 0.368 e. The van der Waals surface area contributed by atoms with Crippen LogP contribution in [0.2, 0.25) is 0 Å². The molecule has 0 fully saturated rings. The van der Waals surface area contributed by atoms with Crippen LogP contribution in [-0.2, 0) is 6.42 Å². The molecule has 0 saturated carbocycles. The van der Waals surface area contributed by atoms with E-state index in [9.17, 15) is 0 Å². The van der Waals surface area contributed by atoms with Gasteiger partial charge in [0, 0.05) is 30.9 Å². The number of rotatable bonds is 4. The molecular weight excluding hydrogens is 250 g/mol. The van der Waals surface area contributed by atoms with Gasteiger partial charge in [-0.05, 0) is 25.0 Å². The summed E-state index contributed by atoms with van der Waals surface area (Å²) in [6.07, 6.45) is 2.66. The number of para-hydroxylation sites is 1. The van der Waals surface area contributed by atoms with Crippen molar-refractivity contribution in [3.05, 3.63) is 42.2 Å². The summed E-state index contributed by atoms with van der Waals surface area (Å²) in [4.78, 5) is 10.9. The van der Waals surface area contributed by atoms with E-state index in [0.717, 1.165) is 24.6 Å². The van der Waals surface area contributed by atoms with E-state index in [0.29, 0.717) is 6.54 Å². The third-order valence-corrected chi connectivity index (χ3v) is 3.42. The highest BCUT2D eigenvalue weighted by Gasteiger charge is 2.20. The third kappa shape index (κ3) is 2.58. The highest BCUT2D eigenvalue weighted by molar-refractivity contribution is 5.68. The summed E-state index contributed by atoms with van der Waals surface area (Å²) in [5.74, 6) is 1.74. The van der Waals surface area contributed by atoms with Crippen LogP contribution in [0.1, 0.15) is 12.5 Å². The van der Waals surface area contributed by atoms with E-state index in [4.69, 9.17) is 5.73 Å². The van der Waals surface area contributed by atoms with Crippen molar-refractivity contribution < 1.29 is 0 Å². The van der Waals surface area contributed by atoms with Crippen LogP contribution in [0.5, 0.6) is 0 Å². The molecule has 1 aromatic carbocycles. The first-order valence-electron chi connectivity index (χ1n) is 6.91. The van der Waals surface area contributed by atoms with Crippen LogP contribution in [0.15, 0.2) is 36.7 Å². The van der Waals surface area contributed by atoms with E-state index >= 15 is 0 Å². The molecule has 1 atom stereocenters. The Kier molecular flexibility index (Phi) is 3.52. The lowest BCUT2D eigenvalue weighted by molar-refractivity contribution is 0.776. The van der Waals surface area contributed by atoms with Crippen molar-refractivity contribution in [2.45, 2.75) is 19.4 Å². The van der Waals surface area contributed by atoms with Crippen molar-refractivity contribution in [3.8, 4) is 0 Å². The summed E-state index contributed by atoms with van der Waals surface area (Å²) in [6, 6.07) is 10.5. The fraction of sp³-hybridized carbons (Fsp3) is 0.333. The van der Waals surface area contributed by atoms with Crippen LogP contribution in [-0.4, -0.2) is 29.1 Å². The highest BCUT2D eigenvalue weighted by atomic mass is 15.2. The number of hydrogen-bond donors (Lipinski definition) is 2. The molecule has 1 aliphatic rings. The molecule has 1 aliphatic heterocycles. The Labute approximate surface area is 118 Å². The molecular formula is C15H19N5. The van der Waals surface area contributed by atoms with E-state index in [-0.39, 0.29) is 6.04 Å². The molecule has 1 unspecified atom stereocenters. The zero-order chi connectivity index (χ0) is 13.9. The lowest BCUT2D eigenvalue weighted by Crippen LogP contribution is -2.25. The summed E-state index contributed by atoms with van der Waals surface area (Å²) in [7, 11) is 0. The lowest BCUT2D eigenvalue weighted by atomic mass is 10.2. The van der Waals surface area contributed by atoms with Gasteiger partial charge in [0.25, 0.3) is 0 Å². The molecule has 1 aromatic heterocycles. The minimum atomic E-state index is 0.0981. The van der Waals surface area contributed by atoms with E-state index < -0.39 is 0 Å². The quantitative estimate of drug-likeness (QED) is 0.887. The Morgan fingerprint density at radius 3 is 3.05 bits per heavy atom. The van der Waals surface area contributed by atoms with Gasteiger partial charge >= 0.3 is 0 Å². The van der Waals surface area contributed by atoms with Gasteiger partial charge < -0.3 is 16.0 Å². The average molecular weight is 269 g/mol. The minimum absolute atomic E-state index is 0.0981. The first-order valence-corrected chi connectivity index (χ1v) is 6.91. The summed E-state index contributed by atoms with van der Waals surface area (Å²) in [5, 5.41) is 3.23. The second-order valence-corrected chi connectivity index (χ2v) is 5.15. The molecule has 5 heteroatoms. The molecule has 20 heavy (non-hydrogen) atoms. The predicted molar refractivity (Wildman–Crippen MR) is 81.3 cm³/mol. The summed E-state index contributed by atoms with van der Waals surface area (Å²) in [5.41, 5.74) is 8.36. The summed E-state index contributed by atoms with van der Waals surface area (Å²) < 4.78 is 0. The van der Waals surface area contributed by atoms with Gasteiger partial charge in [-0.2, -0.15) is 0 Å². The molecule has 0 amide bonds. The standard InChI is InChI=1S/C15H19N5/c1-11(16)9-17-14-8-15(19-10-18-14)20-7-6-12-4-2-3-5-13(12)20/h2-5,8,10-11H,6-7,9,16H2,1H3,(H,17,18,19). The monoisotopic (exact) mass is 269 g/mol. The van der Waals surface area contributed by atoms with E-state index in [1.165, 1.54) is 11.3 Å². The number of nitrogens with zero attached hydrogens (tertiary/aromatic N) is 3. The molecule has 3 rings (SSSR count). The van der Waals surface area contributed by atoms with Gasteiger partial charge in [0.15, 0.2) is 0 Å².